The van der Waals surface area contributed by atoms with Gasteiger partial charge in [0.2, 0.25) is 0 Å². The van der Waals surface area contributed by atoms with Crippen molar-refractivity contribution in [3.05, 3.63) is 61.5 Å². The van der Waals surface area contributed by atoms with Gasteiger partial charge < -0.3 is 10.5 Å². The Labute approximate surface area is 140 Å². The van der Waals surface area contributed by atoms with Crippen LogP contribution in [-0.2, 0) is 6.42 Å². The molecule has 0 aliphatic rings. The molecule has 0 amide bonds. The number of hydrogen-bond donors (Lipinski definition) is 1. The summed E-state index contributed by atoms with van der Waals surface area (Å²) in [5, 5.41) is 0.675. The van der Waals surface area contributed by atoms with Crippen molar-refractivity contribution in [1.29, 1.82) is 0 Å². The van der Waals surface area contributed by atoms with Gasteiger partial charge in [-0.2, -0.15) is 0 Å². The summed E-state index contributed by atoms with van der Waals surface area (Å²) in [4.78, 5) is 0. The zero-order valence-corrected chi connectivity index (χ0v) is 14.8. The molecule has 0 radical (unpaired) electrons. The molecule has 20 heavy (non-hydrogen) atoms. The summed E-state index contributed by atoms with van der Waals surface area (Å²) in [5.41, 5.74) is 8.41. The topological polar surface area (TPSA) is 35.2 Å². The number of ether oxygens (including phenoxy) is 1. The van der Waals surface area contributed by atoms with Gasteiger partial charge in [-0.3, -0.25) is 0 Å². The molecular weight excluding hydrogens is 405 g/mol. The Bertz CT molecular complexity index is 619. The fourth-order valence-electron chi connectivity index (χ4n) is 1.95. The molecule has 2 N–H and O–H groups in total. The second kappa shape index (κ2) is 6.94. The second-order valence-electron chi connectivity index (χ2n) is 4.45. The molecule has 2 rings (SSSR count). The van der Waals surface area contributed by atoms with Crippen LogP contribution in [-0.4, -0.2) is 7.11 Å². The summed E-state index contributed by atoms with van der Waals surface area (Å²) in [6.07, 6.45) is 0.737. The van der Waals surface area contributed by atoms with E-state index >= 15 is 0 Å². The average molecular weight is 420 g/mol. The van der Waals surface area contributed by atoms with Gasteiger partial charge in [0.05, 0.1) is 16.6 Å². The van der Waals surface area contributed by atoms with E-state index in [4.69, 9.17) is 22.1 Å². The summed E-state index contributed by atoms with van der Waals surface area (Å²) in [5.74, 6) is 0.814. The maximum atomic E-state index is 6.25. The molecule has 2 nitrogen and oxygen atoms in total. The van der Waals surface area contributed by atoms with Gasteiger partial charge in [-0.25, -0.2) is 0 Å². The lowest BCUT2D eigenvalue weighted by Crippen LogP contribution is -2.13. The standard InChI is InChI=1S/C15H14Br2ClNO/c1-20-15-5-2-9(6-12(15)17)7-14(19)10-3-4-11(16)13(18)8-10/h2-6,8,14H,7,19H2,1H3. The van der Waals surface area contributed by atoms with Crippen molar-refractivity contribution in [3.8, 4) is 5.75 Å². The zero-order chi connectivity index (χ0) is 14.7. The van der Waals surface area contributed by atoms with E-state index < -0.39 is 0 Å². The third kappa shape index (κ3) is 3.76. The Morgan fingerprint density at radius 2 is 1.90 bits per heavy atom. The monoisotopic (exact) mass is 417 g/mol. The predicted octanol–water partition coefficient (Wildman–Crippen LogP) is 5.12. The molecule has 0 saturated heterocycles. The van der Waals surface area contributed by atoms with E-state index in [0.717, 1.165) is 32.2 Å². The van der Waals surface area contributed by atoms with Crippen molar-refractivity contribution >= 4 is 43.5 Å². The highest BCUT2D eigenvalue weighted by Gasteiger charge is 2.10. The van der Waals surface area contributed by atoms with Crippen LogP contribution in [0.5, 0.6) is 5.75 Å². The van der Waals surface area contributed by atoms with Crippen molar-refractivity contribution < 1.29 is 4.74 Å². The van der Waals surface area contributed by atoms with Crippen LogP contribution >= 0.6 is 43.5 Å². The molecule has 0 aliphatic carbocycles. The van der Waals surface area contributed by atoms with E-state index in [1.807, 2.05) is 36.4 Å². The lowest BCUT2D eigenvalue weighted by molar-refractivity contribution is 0.412. The van der Waals surface area contributed by atoms with E-state index in [9.17, 15) is 0 Å². The maximum absolute atomic E-state index is 6.25. The number of rotatable bonds is 4. The van der Waals surface area contributed by atoms with E-state index in [2.05, 4.69) is 31.9 Å². The molecule has 0 fully saturated rings. The summed E-state index contributed by atoms with van der Waals surface area (Å²) >= 11 is 13.0. The molecule has 5 heteroatoms. The predicted molar refractivity (Wildman–Crippen MR) is 90.5 cm³/mol. The van der Waals surface area contributed by atoms with Gasteiger partial charge in [-0.15, -0.1) is 0 Å². The normalized spacial score (nSPS) is 12.2. The Hall–Kier alpha value is -0.550. The van der Waals surface area contributed by atoms with Crippen LogP contribution in [0.4, 0.5) is 0 Å². The van der Waals surface area contributed by atoms with Crippen LogP contribution < -0.4 is 10.5 Å². The molecule has 0 bridgehead atoms. The first-order valence-corrected chi connectivity index (χ1v) is 8.00. The van der Waals surface area contributed by atoms with Gasteiger partial charge in [0.1, 0.15) is 5.75 Å². The molecular formula is C15H14Br2ClNO. The number of hydrogen-bond acceptors (Lipinski definition) is 2. The molecule has 0 saturated carbocycles. The Kier molecular flexibility index (Phi) is 5.49. The molecule has 1 atom stereocenters. The van der Waals surface area contributed by atoms with Crippen LogP contribution in [0.2, 0.25) is 5.02 Å². The SMILES string of the molecule is COc1ccc(CC(N)c2ccc(Br)c(Cl)c2)cc1Br. The smallest absolute Gasteiger partial charge is 0.133 e. The maximum Gasteiger partial charge on any atom is 0.133 e. The highest BCUT2D eigenvalue weighted by Crippen LogP contribution is 2.29. The van der Waals surface area contributed by atoms with Crippen molar-refractivity contribution in [1.82, 2.24) is 0 Å². The largest absolute Gasteiger partial charge is 0.496 e. The number of methoxy groups -OCH3 is 1. The van der Waals surface area contributed by atoms with E-state index in [0.29, 0.717) is 5.02 Å². The Morgan fingerprint density at radius 1 is 1.15 bits per heavy atom. The molecule has 2 aromatic rings. The Balaban J connectivity index is 2.16. The summed E-state index contributed by atoms with van der Waals surface area (Å²) in [6, 6.07) is 11.7. The minimum atomic E-state index is -0.0964. The van der Waals surface area contributed by atoms with Crippen LogP contribution in [0.15, 0.2) is 45.3 Å². The first-order valence-electron chi connectivity index (χ1n) is 6.04. The quantitative estimate of drug-likeness (QED) is 0.747. The number of benzene rings is 2. The van der Waals surface area contributed by atoms with Gasteiger partial charge in [-0.1, -0.05) is 23.7 Å². The molecule has 0 aliphatic heterocycles. The minimum absolute atomic E-state index is 0.0964. The fourth-order valence-corrected chi connectivity index (χ4v) is 2.98. The second-order valence-corrected chi connectivity index (χ2v) is 6.57. The summed E-state index contributed by atoms with van der Waals surface area (Å²) in [7, 11) is 1.65. The van der Waals surface area contributed by atoms with Gasteiger partial charge in [0, 0.05) is 10.5 Å². The van der Waals surface area contributed by atoms with E-state index in [1.165, 1.54) is 0 Å². The molecule has 0 spiro atoms. The molecule has 0 heterocycles. The fraction of sp³-hybridized carbons (Fsp3) is 0.200. The van der Waals surface area contributed by atoms with Gasteiger partial charge in [-0.05, 0) is 73.7 Å². The highest BCUT2D eigenvalue weighted by molar-refractivity contribution is 9.10. The van der Waals surface area contributed by atoms with Crippen molar-refractivity contribution in [2.24, 2.45) is 5.73 Å². The molecule has 0 aromatic heterocycles. The lowest BCUT2D eigenvalue weighted by atomic mass is 10.00. The van der Waals surface area contributed by atoms with Crippen LogP contribution in [0, 0.1) is 0 Å². The number of halogens is 3. The lowest BCUT2D eigenvalue weighted by Gasteiger charge is -2.14. The third-order valence-corrected chi connectivity index (χ3v) is 4.90. The highest BCUT2D eigenvalue weighted by atomic mass is 79.9. The first-order chi connectivity index (χ1) is 9.51. The first kappa shape index (κ1) is 15.8. The Morgan fingerprint density at radius 3 is 2.50 bits per heavy atom. The van der Waals surface area contributed by atoms with Crippen molar-refractivity contribution in [2.75, 3.05) is 7.11 Å². The average Bonchev–Trinajstić information content (AvgIpc) is 2.42. The van der Waals surface area contributed by atoms with E-state index in [-0.39, 0.29) is 6.04 Å². The van der Waals surface area contributed by atoms with Gasteiger partial charge >= 0.3 is 0 Å². The molecule has 1 unspecified atom stereocenters. The zero-order valence-electron chi connectivity index (χ0n) is 10.9. The summed E-state index contributed by atoms with van der Waals surface area (Å²) < 4.78 is 7.02. The van der Waals surface area contributed by atoms with Crippen molar-refractivity contribution in [2.45, 2.75) is 12.5 Å². The third-order valence-electron chi connectivity index (χ3n) is 3.04. The van der Waals surface area contributed by atoms with E-state index in [1.54, 1.807) is 7.11 Å². The van der Waals surface area contributed by atoms with Gasteiger partial charge in [0.25, 0.3) is 0 Å². The minimum Gasteiger partial charge on any atom is -0.496 e. The van der Waals surface area contributed by atoms with Crippen LogP contribution in [0.25, 0.3) is 0 Å². The summed E-state index contributed by atoms with van der Waals surface area (Å²) in [6.45, 7) is 0. The number of nitrogens with two attached hydrogens (primary N) is 1. The van der Waals surface area contributed by atoms with Crippen LogP contribution in [0.1, 0.15) is 17.2 Å². The molecule has 2 aromatic carbocycles. The molecule has 106 valence electrons. The van der Waals surface area contributed by atoms with Crippen LogP contribution in [0.3, 0.4) is 0 Å². The van der Waals surface area contributed by atoms with Crippen molar-refractivity contribution in [3.63, 3.8) is 0 Å². The van der Waals surface area contributed by atoms with Gasteiger partial charge in [0.15, 0.2) is 0 Å².